The van der Waals surface area contributed by atoms with Crippen LogP contribution in [0.2, 0.25) is 0 Å². The molecule has 16 heavy (non-hydrogen) atoms. The number of halogens is 1. The minimum atomic E-state index is -3.58. The average molecular weight is 300 g/mol. The Labute approximate surface area is 102 Å². The molecule has 0 saturated heterocycles. The van der Waals surface area contributed by atoms with Crippen molar-refractivity contribution in [1.29, 1.82) is 0 Å². The van der Waals surface area contributed by atoms with E-state index in [-0.39, 0.29) is 4.90 Å². The second kappa shape index (κ2) is 4.03. The minimum absolute atomic E-state index is 0.145. The molecule has 0 bridgehead atoms. The van der Waals surface area contributed by atoms with Crippen molar-refractivity contribution in [1.82, 2.24) is 8.96 Å². The normalized spacial score (nSPS) is 11.6. The summed E-state index contributed by atoms with van der Waals surface area (Å²) < 4.78 is 25.8. The van der Waals surface area contributed by atoms with Crippen molar-refractivity contribution in [3.63, 3.8) is 0 Å². The second-order valence-corrected chi connectivity index (χ2v) is 5.79. The lowest BCUT2D eigenvalue weighted by Gasteiger charge is -2.06. The third-order valence-corrected chi connectivity index (χ3v) is 4.49. The Bertz CT molecular complexity index is 605. The number of aromatic nitrogens is 2. The first-order chi connectivity index (χ1) is 7.51. The Morgan fingerprint density at radius 1 is 1.44 bits per heavy atom. The van der Waals surface area contributed by atoms with Gasteiger partial charge in [-0.15, -0.1) is 0 Å². The molecule has 2 aromatic rings. The van der Waals surface area contributed by atoms with E-state index in [2.05, 4.69) is 27.8 Å². The highest BCUT2D eigenvalue weighted by Crippen LogP contribution is 2.21. The molecule has 1 radical (unpaired) electrons. The molecule has 2 heterocycles. The van der Waals surface area contributed by atoms with Crippen LogP contribution in [0.25, 0.3) is 0 Å². The molecule has 0 N–H and O–H groups in total. The highest BCUT2D eigenvalue weighted by molar-refractivity contribution is 9.10. The van der Waals surface area contributed by atoms with Crippen LogP contribution in [-0.2, 0) is 10.0 Å². The van der Waals surface area contributed by atoms with Crippen LogP contribution in [0.1, 0.15) is 5.56 Å². The molecule has 0 aromatic carbocycles. The Morgan fingerprint density at radius 2 is 2.19 bits per heavy atom. The van der Waals surface area contributed by atoms with Gasteiger partial charge in [-0.05, 0) is 46.6 Å². The van der Waals surface area contributed by atoms with Crippen LogP contribution in [0, 0.1) is 6.92 Å². The zero-order chi connectivity index (χ0) is 11.8. The zero-order valence-electron chi connectivity index (χ0n) is 8.17. The third kappa shape index (κ3) is 1.90. The summed E-state index contributed by atoms with van der Waals surface area (Å²) >= 11 is 3.17. The maximum absolute atomic E-state index is 12.1. The molecule has 6 heteroatoms. The van der Waals surface area contributed by atoms with E-state index >= 15 is 0 Å². The summed E-state index contributed by atoms with van der Waals surface area (Å²) in [6.45, 7) is 3.68. The van der Waals surface area contributed by atoms with Crippen LogP contribution in [0.3, 0.4) is 0 Å². The van der Waals surface area contributed by atoms with E-state index in [9.17, 15) is 8.42 Å². The van der Waals surface area contributed by atoms with Gasteiger partial charge in [0.1, 0.15) is 9.50 Å². The highest BCUT2D eigenvalue weighted by atomic mass is 79.9. The van der Waals surface area contributed by atoms with E-state index in [0.29, 0.717) is 10.2 Å². The first kappa shape index (κ1) is 11.3. The van der Waals surface area contributed by atoms with Gasteiger partial charge in [-0.1, -0.05) is 0 Å². The number of hydrogen-bond donors (Lipinski definition) is 0. The SMILES string of the molecule is [CH2]c1cc(Br)n(S(=O)(=O)c2cccnc2)c1. The first-order valence-electron chi connectivity index (χ1n) is 4.37. The van der Waals surface area contributed by atoms with Gasteiger partial charge in [-0.3, -0.25) is 4.98 Å². The predicted octanol–water partition coefficient (Wildman–Crippen LogP) is 2.06. The molecule has 0 fully saturated rings. The largest absolute Gasteiger partial charge is 0.270 e. The maximum atomic E-state index is 12.1. The fraction of sp³-hybridized carbons (Fsp3) is 0. The van der Waals surface area contributed by atoms with Gasteiger partial charge in [-0.25, -0.2) is 12.4 Å². The summed E-state index contributed by atoms with van der Waals surface area (Å²) in [7, 11) is -3.58. The number of hydrogen-bond acceptors (Lipinski definition) is 3. The lowest BCUT2D eigenvalue weighted by atomic mass is 10.4. The maximum Gasteiger partial charge on any atom is 0.270 e. The van der Waals surface area contributed by atoms with E-state index in [1.165, 1.54) is 24.7 Å². The van der Waals surface area contributed by atoms with Gasteiger partial charge < -0.3 is 0 Å². The molecule has 2 rings (SSSR count). The lowest BCUT2D eigenvalue weighted by Crippen LogP contribution is -2.12. The molecule has 2 aromatic heterocycles. The molecule has 0 amide bonds. The van der Waals surface area contributed by atoms with Gasteiger partial charge in [0.25, 0.3) is 10.0 Å². The topological polar surface area (TPSA) is 52.0 Å². The number of pyridine rings is 1. The Morgan fingerprint density at radius 3 is 2.69 bits per heavy atom. The molecule has 83 valence electrons. The third-order valence-electron chi connectivity index (χ3n) is 1.99. The van der Waals surface area contributed by atoms with E-state index in [4.69, 9.17) is 0 Å². The molecule has 0 saturated carbocycles. The van der Waals surface area contributed by atoms with Crippen molar-refractivity contribution in [2.45, 2.75) is 4.90 Å². The summed E-state index contributed by atoms with van der Waals surface area (Å²) in [5.41, 5.74) is 0.624. The van der Waals surface area contributed by atoms with Crippen molar-refractivity contribution in [3.05, 3.63) is 53.9 Å². The van der Waals surface area contributed by atoms with Crippen LogP contribution in [0.4, 0.5) is 0 Å². The minimum Gasteiger partial charge on any atom is -0.263 e. The molecular formula is C10H8BrN2O2S. The van der Waals surface area contributed by atoms with Crippen LogP contribution >= 0.6 is 15.9 Å². The van der Waals surface area contributed by atoms with Crippen molar-refractivity contribution in [2.75, 3.05) is 0 Å². The standard InChI is InChI=1S/C10H8BrN2O2S/c1-8-5-10(11)13(7-8)16(14,15)9-3-2-4-12-6-9/h2-7H,1H2. The predicted molar refractivity (Wildman–Crippen MR) is 63.4 cm³/mol. The summed E-state index contributed by atoms with van der Waals surface area (Å²) in [6, 6.07) is 4.71. The van der Waals surface area contributed by atoms with Gasteiger partial charge >= 0.3 is 0 Å². The average Bonchev–Trinajstić information content (AvgIpc) is 2.60. The molecule has 0 aliphatic rings. The summed E-state index contributed by atoms with van der Waals surface area (Å²) in [4.78, 5) is 3.93. The fourth-order valence-electron chi connectivity index (χ4n) is 1.26. The Kier molecular flexibility index (Phi) is 2.86. The van der Waals surface area contributed by atoms with Crippen LogP contribution in [-0.4, -0.2) is 17.4 Å². The summed E-state index contributed by atoms with van der Waals surface area (Å²) in [5, 5.41) is 0. The van der Waals surface area contributed by atoms with Gasteiger partial charge in [0.2, 0.25) is 0 Å². The monoisotopic (exact) mass is 299 g/mol. The fourth-order valence-corrected chi connectivity index (χ4v) is 3.46. The molecule has 0 aliphatic heterocycles. The van der Waals surface area contributed by atoms with Crippen molar-refractivity contribution < 1.29 is 8.42 Å². The number of rotatable bonds is 2. The van der Waals surface area contributed by atoms with Crippen LogP contribution in [0.5, 0.6) is 0 Å². The summed E-state index contributed by atoms with van der Waals surface area (Å²) in [5.74, 6) is 0. The molecule has 0 atom stereocenters. The van der Waals surface area contributed by atoms with Gasteiger partial charge in [0, 0.05) is 18.6 Å². The zero-order valence-corrected chi connectivity index (χ0v) is 10.6. The number of nitrogens with zero attached hydrogens (tertiary/aromatic N) is 2. The van der Waals surface area contributed by atoms with Gasteiger partial charge in [0.15, 0.2) is 0 Å². The first-order valence-corrected chi connectivity index (χ1v) is 6.60. The molecule has 0 unspecified atom stereocenters. The molecule has 4 nitrogen and oxygen atoms in total. The second-order valence-electron chi connectivity index (χ2n) is 3.16. The van der Waals surface area contributed by atoms with Crippen LogP contribution in [0.15, 0.2) is 46.3 Å². The van der Waals surface area contributed by atoms with E-state index < -0.39 is 10.0 Å². The van der Waals surface area contributed by atoms with Gasteiger partial charge in [0.05, 0.1) is 0 Å². The van der Waals surface area contributed by atoms with Crippen molar-refractivity contribution in [3.8, 4) is 0 Å². The highest BCUT2D eigenvalue weighted by Gasteiger charge is 2.19. The quantitative estimate of drug-likeness (QED) is 0.853. The molecular weight excluding hydrogens is 292 g/mol. The smallest absolute Gasteiger partial charge is 0.263 e. The van der Waals surface area contributed by atoms with Gasteiger partial charge in [-0.2, -0.15) is 0 Å². The van der Waals surface area contributed by atoms with E-state index in [1.807, 2.05) is 0 Å². The molecule has 0 spiro atoms. The van der Waals surface area contributed by atoms with E-state index in [1.54, 1.807) is 12.1 Å². The van der Waals surface area contributed by atoms with Crippen molar-refractivity contribution in [2.24, 2.45) is 0 Å². The lowest BCUT2D eigenvalue weighted by molar-refractivity contribution is 0.586. The molecule has 0 aliphatic carbocycles. The van der Waals surface area contributed by atoms with Crippen LogP contribution < -0.4 is 0 Å². The summed E-state index contributed by atoms with van der Waals surface area (Å²) in [6.07, 6.45) is 4.29. The van der Waals surface area contributed by atoms with Crippen molar-refractivity contribution >= 4 is 26.0 Å². The van der Waals surface area contributed by atoms with E-state index in [0.717, 1.165) is 3.97 Å². The Balaban J connectivity index is 2.61. The Hall–Kier alpha value is -1.14.